The molecule has 5 aromatic carbocycles. The van der Waals surface area contributed by atoms with Gasteiger partial charge in [-0.15, -0.1) is 0 Å². The summed E-state index contributed by atoms with van der Waals surface area (Å²) in [5.41, 5.74) is 9.32. The monoisotopic (exact) mass is 639 g/mol. The summed E-state index contributed by atoms with van der Waals surface area (Å²) < 4.78 is 2.38. The highest BCUT2D eigenvalue weighted by Crippen LogP contribution is 2.52. The molecule has 2 aliphatic rings. The average molecular weight is 640 g/mol. The number of allylic oxidation sites excluding steroid dienone is 10. The fourth-order valence-corrected chi connectivity index (χ4v) is 8.64. The summed E-state index contributed by atoms with van der Waals surface area (Å²) >= 11 is 0. The molecule has 2 unspecified atom stereocenters. The van der Waals surface area contributed by atoms with Crippen LogP contribution < -0.4 is 4.90 Å². The fourth-order valence-electron chi connectivity index (χ4n) is 8.64. The molecule has 5 aromatic rings. The molecule has 2 nitrogen and oxygen atoms in total. The second kappa shape index (κ2) is 13.4. The van der Waals surface area contributed by atoms with E-state index in [0.717, 1.165) is 19.3 Å². The highest BCUT2D eigenvalue weighted by Gasteiger charge is 2.47. The topological polar surface area (TPSA) is 6.25 Å². The van der Waals surface area contributed by atoms with Crippen LogP contribution in [0, 0.1) is 0 Å². The molecule has 0 saturated heterocycles. The van der Waals surface area contributed by atoms with E-state index in [1.807, 2.05) is 0 Å². The van der Waals surface area contributed by atoms with Gasteiger partial charge in [0.25, 0.3) is 0 Å². The molecule has 0 aromatic heterocycles. The van der Waals surface area contributed by atoms with Crippen LogP contribution in [0.3, 0.4) is 0 Å². The van der Waals surface area contributed by atoms with Gasteiger partial charge in [-0.1, -0.05) is 141 Å². The van der Waals surface area contributed by atoms with Crippen molar-refractivity contribution in [3.63, 3.8) is 0 Å². The van der Waals surface area contributed by atoms with Crippen LogP contribution in [-0.4, -0.2) is 24.4 Å². The van der Waals surface area contributed by atoms with Gasteiger partial charge in [-0.05, 0) is 77.6 Å². The standard InChI is InChI=1S/C47H47N2/c1-6-33-46(2)42(48(4)40-31-29-36-23-17-19-25-38(36)44(40)46)27-15-10-8-7-9-11-16-28-43-47(3,34-35-21-13-12-14-22-35)45-39-26-20-18-24-37(39)30-32-41(45)49(43)5/h7-32H,6,33-34H2,1-5H3/q+1. The first-order valence-corrected chi connectivity index (χ1v) is 17.7. The van der Waals surface area contributed by atoms with Crippen molar-refractivity contribution in [2.45, 2.75) is 50.9 Å². The Hall–Kier alpha value is -5.21. The van der Waals surface area contributed by atoms with Crippen LogP contribution in [0.5, 0.6) is 0 Å². The summed E-state index contributed by atoms with van der Waals surface area (Å²) in [5.74, 6) is 0. The quantitative estimate of drug-likeness (QED) is 0.115. The van der Waals surface area contributed by atoms with Crippen molar-refractivity contribution in [3.05, 3.63) is 180 Å². The molecule has 0 aliphatic carbocycles. The Bertz CT molecular complexity index is 2210. The molecule has 2 atom stereocenters. The maximum absolute atomic E-state index is 2.42. The summed E-state index contributed by atoms with van der Waals surface area (Å²) in [6.07, 6.45) is 22.8. The molecule has 0 saturated carbocycles. The molecule has 2 aliphatic heterocycles. The zero-order valence-corrected chi connectivity index (χ0v) is 29.5. The number of anilines is 1. The maximum atomic E-state index is 2.42. The third-order valence-corrected chi connectivity index (χ3v) is 10.8. The summed E-state index contributed by atoms with van der Waals surface area (Å²) in [4.78, 5) is 2.39. The number of nitrogens with zero attached hydrogens (tertiary/aromatic N) is 2. The summed E-state index contributed by atoms with van der Waals surface area (Å²) in [7, 11) is 4.42. The fraction of sp³-hybridized carbons (Fsp3) is 0.213. The summed E-state index contributed by atoms with van der Waals surface area (Å²) in [6.45, 7) is 7.12. The van der Waals surface area contributed by atoms with E-state index in [1.165, 1.54) is 61.0 Å². The molecule has 0 radical (unpaired) electrons. The Labute approximate surface area is 292 Å². The molecule has 244 valence electrons. The van der Waals surface area contributed by atoms with Gasteiger partial charge in [0.15, 0.2) is 5.71 Å². The van der Waals surface area contributed by atoms with Gasteiger partial charge < -0.3 is 4.90 Å². The third-order valence-electron chi connectivity index (χ3n) is 10.8. The first-order chi connectivity index (χ1) is 23.9. The van der Waals surface area contributed by atoms with Crippen molar-refractivity contribution in [3.8, 4) is 0 Å². The van der Waals surface area contributed by atoms with Crippen LogP contribution in [0.4, 0.5) is 11.4 Å². The number of benzene rings is 5. The first-order valence-electron chi connectivity index (χ1n) is 17.7. The highest BCUT2D eigenvalue weighted by molar-refractivity contribution is 6.08. The number of rotatable bonds is 9. The minimum atomic E-state index is -0.158. The van der Waals surface area contributed by atoms with E-state index >= 15 is 0 Å². The Morgan fingerprint density at radius 3 is 1.92 bits per heavy atom. The Morgan fingerprint density at radius 1 is 0.633 bits per heavy atom. The largest absolute Gasteiger partial charge is 0.347 e. The summed E-state index contributed by atoms with van der Waals surface area (Å²) in [6, 6.07) is 37.6. The number of hydrogen-bond acceptors (Lipinski definition) is 1. The van der Waals surface area contributed by atoms with Gasteiger partial charge in [0, 0.05) is 41.6 Å². The average Bonchev–Trinajstić information content (AvgIpc) is 3.46. The smallest absolute Gasteiger partial charge is 0.210 e. The molecule has 0 bridgehead atoms. The normalized spacial score (nSPS) is 21.6. The third kappa shape index (κ3) is 5.70. The molecule has 0 fully saturated rings. The lowest BCUT2D eigenvalue weighted by Gasteiger charge is -2.29. The van der Waals surface area contributed by atoms with Gasteiger partial charge in [-0.2, -0.15) is 4.58 Å². The molecule has 0 N–H and O–H groups in total. The van der Waals surface area contributed by atoms with E-state index in [4.69, 9.17) is 0 Å². The minimum absolute atomic E-state index is 0.0233. The zero-order valence-electron chi connectivity index (χ0n) is 29.5. The SMILES string of the molecule is CCCC1(C)\C(=C/C=C/C=C/C=C/C=C/C2=[N+](C)c3ccc4ccccc4c3C2(C)Cc2ccccc2)N(C)c2ccc3ccccc3c21. The number of likely N-dealkylation sites (N-methyl/N-ethyl adjacent to an activating group) is 1. The van der Waals surface area contributed by atoms with Crippen molar-refractivity contribution >= 4 is 38.6 Å². The van der Waals surface area contributed by atoms with E-state index in [-0.39, 0.29) is 10.8 Å². The summed E-state index contributed by atoms with van der Waals surface area (Å²) in [5, 5.41) is 5.31. The van der Waals surface area contributed by atoms with Crippen LogP contribution in [0.15, 0.2) is 164 Å². The Balaban J connectivity index is 1.10. The minimum Gasteiger partial charge on any atom is -0.347 e. The second-order valence-corrected chi connectivity index (χ2v) is 14.0. The van der Waals surface area contributed by atoms with Crippen LogP contribution in [0.25, 0.3) is 21.5 Å². The lowest BCUT2D eigenvalue weighted by atomic mass is 9.73. The highest BCUT2D eigenvalue weighted by atomic mass is 15.2. The Kier molecular flexibility index (Phi) is 8.82. The van der Waals surface area contributed by atoms with E-state index in [1.54, 1.807) is 0 Å². The molecule has 2 heteroatoms. The molecule has 49 heavy (non-hydrogen) atoms. The van der Waals surface area contributed by atoms with E-state index in [0.29, 0.717) is 0 Å². The first kappa shape index (κ1) is 32.3. The van der Waals surface area contributed by atoms with E-state index in [9.17, 15) is 0 Å². The van der Waals surface area contributed by atoms with Gasteiger partial charge in [-0.3, -0.25) is 0 Å². The van der Waals surface area contributed by atoms with Gasteiger partial charge in [-0.25, -0.2) is 0 Å². The second-order valence-electron chi connectivity index (χ2n) is 14.0. The lowest BCUT2D eigenvalue weighted by Crippen LogP contribution is -2.33. The Morgan fingerprint density at radius 2 is 1.22 bits per heavy atom. The zero-order chi connectivity index (χ0) is 34.0. The van der Waals surface area contributed by atoms with Crippen molar-refractivity contribution in [1.29, 1.82) is 0 Å². The van der Waals surface area contributed by atoms with Crippen LogP contribution in [0.2, 0.25) is 0 Å². The van der Waals surface area contributed by atoms with Crippen LogP contribution >= 0.6 is 0 Å². The predicted octanol–water partition coefficient (Wildman–Crippen LogP) is 11.5. The van der Waals surface area contributed by atoms with Crippen molar-refractivity contribution in [1.82, 2.24) is 0 Å². The van der Waals surface area contributed by atoms with Gasteiger partial charge in [0.05, 0.1) is 5.41 Å². The lowest BCUT2D eigenvalue weighted by molar-refractivity contribution is -0.401. The number of hydrogen-bond donors (Lipinski definition) is 0. The predicted molar refractivity (Wildman–Crippen MR) is 212 cm³/mol. The van der Waals surface area contributed by atoms with Crippen molar-refractivity contribution in [2.75, 3.05) is 19.0 Å². The van der Waals surface area contributed by atoms with Gasteiger partial charge in [0.1, 0.15) is 7.05 Å². The molecule has 2 heterocycles. The molecule has 0 spiro atoms. The molecule has 0 amide bonds. The van der Waals surface area contributed by atoms with Crippen LogP contribution in [-0.2, 0) is 17.3 Å². The molecule has 7 rings (SSSR count). The van der Waals surface area contributed by atoms with E-state index < -0.39 is 0 Å². The number of fused-ring (bicyclic) bond motifs is 6. The molecular weight excluding hydrogens is 593 g/mol. The van der Waals surface area contributed by atoms with Gasteiger partial charge in [0.2, 0.25) is 5.69 Å². The van der Waals surface area contributed by atoms with Gasteiger partial charge >= 0.3 is 0 Å². The maximum Gasteiger partial charge on any atom is 0.210 e. The molecular formula is C47H47N2+. The van der Waals surface area contributed by atoms with Crippen molar-refractivity contribution in [2.24, 2.45) is 0 Å². The van der Waals surface area contributed by atoms with Crippen LogP contribution in [0.1, 0.15) is 50.3 Å². The van der Waals surface area contributed by atoms with E-state index in [2.05, 4.69) is 202 Å². The van der Waals surface area contributed by atoms with Crippen molar-refractivity contribution < 1.29 is 4.58 Å².